The van der Waals surface area contributed by atoms with E-state index in [1.807, 2.05) is 24.3 Å². The van der Waals surface area contributed by atoms with Gasteiger partial charge in [0.05, 0.1) is 17.2 Å². The zero-order valence-electron chi connectivity index (χ0n) is 18.8. The smallest absolute Gasteiger partial charge is 0.261 e. The number of hydrogen-bond donors (Lipinski definition) is 0. The van der Waals surface area contributed by atoms with Crippen molar-refractivity contribution in [3.05, 3.63) is 119 Å². The molecule has 3 aromatic carbocycles. The third-order valence-electron chi connectivity index (χ3n) is 6.94. The number of benzene rings is 3. The predicted molar refractivity (Wildman–Crippen MR) is 130 cm³/mol. The quantitative estimate of drug-likeness (QED) is 0.371. The van der Waals surface area contributed by atoms with Gasteiger partial charge in [-0.15, -0.1) is 0 Å². The molecule has 0 spiro atoms. The fourth-order valence-electron chi connectivity index (χ4n) is 5.19. The number of fused-ring (bicyclic) bond motifs is 1. The minimum Gasteiger partial charge on any atom is -0.287 e. The van der Waals surface area contributed by atoms with Gasteiger partial charge in [0.25, 0.3) is 11.8 Å². The summed E-state index contributed by atoms with van der Waals surface area (Å²) in [5, 5.41) is 0. The van der Waals surface area contributed by atoms with Crippen molar-refractivity contribution in [2.45, 2.75) is 44.4 Å². The van der Waals surface area contributed by atoms with Gasteiger partial charge in [-0.05, 0) is 43.0 Å². The number of carbonyl (C=O) groups excluding carboxylic acids is 2. The van der Waals surface area contributed by atoms with Gasteiger partial charge in [-0.2, -0.15) is 0 Å². The molecule has 4 nitrogen and oxygen atoms in total. The summed E-state index contributed by atoms with van der Waals surface area (Å²) >= 11 is 0. The molecule has 0 bridgehead atoms. The maximum atomic E-state index is 13.3. The van der Waals surface area contributed by atoms with Crippen LogP contribution in [0.15, 0.2) is 97.1 Å². The van der Waals surface area contributed by atoms with Gasteiger partial charge in [-0.25, -0.2) is 0 Å². The number of amides is 2. The van der Waals surface area contributed by atoms with E-state index < -0.39 is 0 Å². The first-order chi connectivity index (χ1) is 16.1. The van der Waals surface area contributed by atoms with Crippen molar-refractivity contribution >= 4 is 11.8 Å². The third-order valence-corrected chi connectivity index (χ3v) is 6.94. The molecule has 3 atom stereocenters. The fraction of sp³-hybridized carbons (Fsp3) is 0.241. The Labute approximate surface area is 195 Å². The van der Waals surface area contributed by atoms with E-state index in [4.69, 9.17) is 0 Å². The van der Waals surface area contributed by atoms with E-state index in [-0.39, 0.29) is 29.9 Å². The van der Waals surface area contributed by atoms with Crippen LogP contribution in [0.3, 0.4) is 0 Å². The van der Waals surface area contributed by atoms with Crippen LogP contribution in [0, 0.1) is 0 Å². The van der Waals surface area contributed by atoms with Crippen molar-refractivity contribution in [1.29, 1.82) is 0 Å². The third kappa shape index (κ3) is 4.03. The maximum Gasteiger partial charge on any atom is 0.261 e. The Morgan fingerprint density at radius 2 is 1.33 bits per heavy atom. The summed E-state index contributed by atoms with van der Waals surface area (Å²) < 4.78 is 0. The topological polar surface area (TPSA) is 40.6 Å². The Kier molecular flexibility index (Phi) is 5.93. The molecule has 0 unspecified atom stereocenters. The Morgan fingerprint density at radius 3 is 1.97 bits per heavy atom. The summed E-state index contributed by atoms with van der Waals surface area (Å²) in [6, 6.07) is 28.0. The van der Waals surface area contributed by atoms with Crippen LogP contribution in [0.2, 0.25) is 0 Å². The lowest BCUT2D eigenvalue weighted by atomic mass is 9.90. The first-order valence-corrected chi connectivity index (χ1v) is 11.6. The van der Waals surface area contributed by atoms with Crippen molar-refractivity contribution < 1.29 is 9.59 Å². The molecule has 0 saturated carbocycles. The first kappa shape index (κ1) is 21.4. The van der Waals surface area contributed by atoms with Crippen LogP contribution < -0.4 is 0 Å². The minimum absolute atomic E-state index is 0.0209. The lowest BCUT2D eigenvalue weighted by Gasteiger charge is -2.44. The molecule has 0 fully saturated rings. The zero-order valence-corrected chi connectivity index (χ0v) is 18.8. The highest BCUT2D eigenvalue weighted by atomic mass is 16.2. The molecule has 1 heterocycles. The molecule has 2 amide bonds. The van der Waals surface area contributed by atoms with Crippen LogP contribution in [-0.4, -0.2) is 33.7 Å². The Balaban J connectivity index is 1.52. The second kappa shape index (κ2) is 9.16. The molecule has 0 radical (unpaired) electrons. The summed E-state index contributed by atoms with van der Waals surface area (Å²) in [7, 11) is 0. The number of imide groups is 1. The van der Waals surface area contributed by atoms with E-state index >= 15 is 0 Å². The average molecular weight is 437 g/mol. The van der Waals surface area contributed by atoms with E-state index in [2.05, 4.69) is 72.5 Å². The summed E-state index contributed by atoms with van der Waals surface area (Å²) in [6.07, 6.45) is 5.76. The van der Waals surface area contributed by atoms with Crippen molar-refractivity contribution in [2.75, 3.05) is 0 Å². The number of nitrogens with zero attached hydrogens (tertiary/aromatic N) is 2. The van der Waals surface area contributed by atoms with Crippen LogP contribution >= 0.6 is 0 Å². The Bertz CT molecular complexity index is 1140. The SMILES string of the molecule is C[C@H](c1ccccc1)N(Cc1ccccc1)[C@H]1CC=CC[C@H]1N1C(=O)c2ccccc2C1=O. The highest BCUT2D eigenvalue weighted by Crippen LogP contribution is 2.35. The summed E-state index contributed by atoms with van der Waals surface area (Å²) in [5.41, 5.74) is 3.48. The van der Waals surface area contributed by atoms with Crippen molar-refractivity contribution in [3.8, 4) is 0 Å². The molecule has 4 heteroatoms. The summed E-state index contributed by atoms with van der Waals surface area (Å²) in [5.74, 6) is -0.346. The highest BCUT2D eigenvalue weighted by molar-refractivity contribution is 6.21. The van der Waals surface area contributed by atoms with E-state index in [1.165, 1.54) is 16.0 Å². The molecule has 33 heavy (non-hydrogen) atoms. The van der Waals surface area contributed by atoms with Gasteiger partial charge >= 0.3 is 0 Å². The Morgan fingerprint density at radius 1 is 0.788 bits per heavy atom. The average Bonchev–Trinajstić information content (AvgIpc) is 3.13. The van der Waals surface area contributed by atoms with Gasteiger partial charge in [0.2, 0.25) is 0 Å². The highest BCUT2D eigenvalue weighted by Gasteiger charge is 2.44. The molecular formula is C29H28N2O2. The van der Waals surface area contributed by atoms with Gasteiger partial charge in [0.1, 0.15) is 0 Å². The molecular weight excluding hydrogens is 408 g/mol. The number of hydrogen-bond acceptors (Lipinski definition) is 3. The number of carbonyl (C=O) groups is 2. The van der Waals surface area contributed by atoms with E-state index in [0.29, 0.717) is 17.5 Å². The molecule has 5 rings (SSSR count). The molecule has 3 aromatic rings. The minimum atomic E-state index is -0.211. The lowest BCUT2D eigenvalue weighted by molar-refractivity contribution is 0.0334. The largest absolute Gasteiger partial charge is 0.287 e. The molecule has 0 aromatic heterocycles. The standard InChI is InChI=1S/C29H28N2O2/c1-21(23-14-6-3-7-15-23)30(20-22-12-4-2-5-13-22)26-18-10-11-19-27(26)31-28(32)24-16-8-9-17-25(24)29(31)33/h2-17,21,26-27H,18-20H2,1H3/t21-,26+,27-/m1/s1. The van der Waals surface area contributed by atoms with Crippen LogP contribution in [-0.2, 0) is 6.54 Å². The monoisotopic (exact) mass is 436 g/mol. The summed E-state index contributed by atoms with van der Waals surface area (Å²) in [6.45, 7) is 2.96. The van der Waals surface area contributed by atoms with Crippen LogP contribution in [0.4, 0.5) is 0 Å². The normalized spacial score (nSPS) is 20.8. The molecule has 166 valence electrons. The van der Waals surface area contributed by atoms with Crippen molar-refractivity contribution in [2.24, 2.45) is 0 Å². The van der Waals surface area contributed by atoms with Gasteiger partial charge in [-0.1, -0.05) is 84.9 Å². The van der Waals surface area contributed by atoms with Crippen LogP contribution in [0.5, 0.6) is 0 Å². The van der Waals surface area contributed by atoms with Gasteiger partial charge in [0, 0.05) is 18.6 Å². The van der Waals surface area contributed by atoms with E-state index in [9.17, 15) is 9.59 Å². The molecule has 1 aliphatic heterocycles. The first-order valence-electron chi connectivity index (χ1n) is 11.6. The van der Waals surface area contributed by atoms with Gasteiger partial charge in [0.15, 0.2) is 0 Å². The van der Waals surface area contributed by atoms with Crippen LogP contribution in [0.25, 0.3) is 0 Å². The number of rotatable bonds is 6. The zero-order chi connectivity index (χ0) is 22.8. The van der Waals surface area contributed by atoms with E-state index in [0.717, 1.165) is 13.0 Å². The molecule has 0 N–H and O–H groups in total. The Hall–Kier alpha value is -3.50. The second-order valence-electron chi connectivity index (χ2n) is 8.85. The van der Waals surface area contributed by atoms with Crippen LogP contribution in [0.1, 0.15) is 57.7 Å². The molecule has 1 aliphatic carbocycles. The van der Waals surface area contributed by atoms with E-state index in [1.54, 1.807) is 12.1 Å². The lowest BCUT2D eigenvalue weighted by Crippen LogP contribution is -2.54. The van der Waals surface area contributed by atoms with Gasteiger partial charge in [-0.3, -0.25) is 19.4 Å². The maximum absolute atomic E-state index is 13.3. The molecule has 2 aliphatic rings. The van der Waals surface area contributed by atoms with Gasteiger partial charge < -0.3 is 0 Å². The van der Waals surface area contributed by atoms with Crippen molar-refractivity contribution in [3.63, 3.8) is 0 Å². The second-order valence-corrected chi connectivity index (χ2v) is 8.85. The molecule has 0 saturated heterocycles. The predicted octanol–water partition coefficient (Wildman–Crippen LogP) is 5.63. The van der Waals surface area contributed by atoms with Crippen molar-refractivity contribution in [1.82, 2.24) is 9.80 Å². The fourth-order valence-corrected chi connectivity index (χ4v) is 5.19. The summed E-state index contributed by atoms with van der Waals surface area (Å²) in [4.78, 5) is 30.7.